The van der Waals surface area contributed by atoms with E-state index in [4.69, 9.17) is 4.74 Å². The number of carbonyl (C=O) groups is 1. The molecule has 92 valence electrons. The Morgan fingerprint density at radius 3 is 2.94 bits per heavy atom. The first-order chi connectivity index (χ1) is 8.67. The Balaban J connectivity index is 2.64. The minimum Gasteiger partial charge on any atom is -0.460 e. The Labute approximate surface area is 105 Å². The number of carbonyl (C=O) groups excluding carboxylic acids is 1. The predicted molar refractivity (Wildman–Crippen MR) is 70.6 cm³/mol. The van der Waals surface area contributed by atoms with Gasteiger partial charge in [0.1, 0.15) is 7.85 Å². The molecule has 0 aliphatic carbocycles. The Morgan fingerprint density at radius 1 is 1.50 bits per heavy atom. The van der Waals surface area contributed by atoms with E-state index in [1.807, 2.05) is 20.0 Å². The first-order valence-corrected chi connectivity index (χ1v) is 5.86. The highest BCUT2D eigenvalue weighted by atomic mass is 16.5. The van der Waals surface area contributed by atoms with Crippen LogP contribution in [0, 0.1) is 0 Å². The van der Waals surface area contributed by atoms with Gasteiger partial charge in [0.2, 0.25) is 5.82 Å². The summed E-state index contributed by atoms with van der Waals surface area (Å²) in [7, 11) is 1.97. The predicted octanol–water partition coefficient (Wildman–Crippen LogP) is 0.233. The van der Waals surface area contributed by atoms with Crippen molar-refractivity contribution in [3.63, 3.8) is 0 Å². The molecule has 6 heteroatoms. The summed E-state index contributed by atoms with van der Waals surface area (Å²) < 4.78 is 4.82. The minimum absolute atomic E-state index is 0.0531. The second-order valence-corrected chi connectivity index (χ2v) is 3.80. The number of nitrogens with zero attached hydrogens (tertiary/aromatic N) is 1. The molecule has 0 spiro atoms. The lowest BCUT2D eigenvalue weighted by Crippen LogP contribution is -2.18. The molecule has 1 aromatic carbocycles. The molecule has 0 unspecified atom stereocenters. The van der Waals surface area contributed by atoms with Crippen LogP contribution in [0.1, 0.15) is 23.1 Å². The molecular formula is C12H13BN2O3. The van der Waals surface area contributed by atoms with Crippen LogP contribution in [0.5, 0.6) is 0 Å². The van der Waals surface area contributed by atoms with E-state index in [-0.39, 0.29) is 18.0 Å². The van der Waals surface area contributed by atoms with Crippen molar-refractivity contribution >= 4 is 24.7 Å². The van der Waals surface area contributed by atoms with E-state index in [0.717, 1.165) is 11.9 Å². The molecule has 1 N–H and O–H groups in total. The molecule has 0 aliphatic heterocycles. The van der Waals surface area contributed by atoms with Crippen LogP contribution >= 0.6 is 0 Å². The molecule has 1 heterocycles. The van der Waals surface area contributed by atoms with Gasteiger partial charge >= 0.3 is 5.97 Å². The molecule has 0 fully saturated rings. The average Bonchev–Trinajstić information content (AvgIpc) is 2.38. The topological polar surface area (TPSA) is 72.0 Å². The third-order valence-electron chi connectivity index (χ3n) is 2.67. The number of fused-ring (bicyclic) bond motifs is 1. The molecule has 0 saturated carbocycles. The number of esters is 1. The molecule has 0 atom stereocenters. The van der Waals surface area contributed by atoms with Gasteiger partial charge in [0, 0.05) is 0 Å². The van der Waals surface area contributed by atoms with E-state index in [9.17, 15) is 9.59 Å². The quantitative estimate of drug-likeness (QED) is 0.619. The number of rotatable bonds is 3. The normalized spacial score (nSPS) is 10.5. The molecule has 0 aliphatic rings. The fourth-order valence-electron chi connectivity index (χ4n) is 1.85. The van der Waals surface area contributed by atoms with Gasteiger partial charge in [0.15, 0.2) is 0 Å². The maximum Gasteiger partial charge on any atom is 0.374 e. The number of H-pyrrole nitrogens is 1. The number of hydrogen-bond acceptors (Lipinski definition) is 4. The van der Waals surface area contributed by atoms with E-state index in [1.54, 1.807) is 13.0 Å². The lowest BCUT2D eigenvalue weighted by molar-refractivity contribution is 0.0512. The van der Waals surface area contributed by atoms with Crippen LogP contribution in [0.3, 0.4) is 0 Å². The van der Waals surface area contributed by atoms with Gasteiger partial charge in [-0.1, -0.05) is 18.5 Å². The summed E-state index contributed by atoms with van der Waals surface area (Å²) in [5.74, 6) is -0.666. The molecule has 0 bridgehead atoms. The summed E-state index contributed by atoms with van der Waals surface area (Å²) >= 11 is 0. The number of hydrogen-bond donors (Lipinski definition) is 1. The van der Waals surface area contributed by atoms with E-state index in [2.05, 4.69) is 9.97 Å². The van der Waals surface area contributed by atoms with Crippen LogP contribution in [-0.2, 0) is 11.1 Å². The molecule has 0 amide bonds. The van der Waals surface area contributed by atoms with Crippen molar-refractivity contribution in [2.45, 2.75) is 13.2 Å². The van der Waals surface area contributed by atoms with Gasteiger partial charge in [-0.05, 0) is 18.6 Å². The Hall–Kier alpha value is -2.11. The van der Waals surface area contributed by atoms with Gasteiger partial charge in [-0.15, -0.1) is 0 Å². The maximum absolute atomic E-state index is 12.0. The van der Waals surface area contributed by atoms with Gasteiger partial charge in [0.05, 0.1) is 17.5 Å². The molecule has 2 aromatic rings. The van der Waals surface area contributed by atoms with Crippen molar-refractivity contribution in [1.82, 2.24) is 9.97 Å². The van der Waals surface area contributed by atoms with E-state index >= 15 is 0 Å². The Morgan fingerprint density at radius 2 is 2.28 bits per heavy atom. The summed E-state index contributed by atoms with van der Waals surface area (Å²) in [4.78, 5) is 30.1. The number of nitrogens with one attached hydrogen (secondary N) is 1. The average molecular weight is 244 g/mol. The first kappa shape index (κ1) is 12.4. The van der Waals surface area contributed by atoms with Crippen molar-refractivity contribution in [2.24, 2.45) is 0 Å². The van der Waals surface area contributed by atoms with Crippen molar-refractivity contribution in [2.75, 3.05) is 6.61 Å². The Bertz CT molecular complexity index is 651. The fraction of sp³-hybridized carbons (Fsp3) is 0.250. The highest BCUT2D eigenvalue weighted by Gasteiger charge is 2.13. The largest absolute Gasteiger partial charge is 0.460 e. The lowest BCUT2D eigenvalue weighted by atomic mass is 9.94. The van der Waals surface area contributed by atoms with Crippen molar-refractivity contribution in [3.05, 3.63) is 39.9 Å². The Kier molecular flexibility index (Phi) is 3.46. The first-order valence-electron chi connectivity index (χ1n) is 5.86. The standard InChI is InChI=1S/C12H13BN2O3/c1-2-18-12(17)10-14-8-5-3-4-7(6-13)9(8)11(16)15-10/h3-5H,2,6,13H2,1H3,(H,14,15,16). The maximum atomic E-state index is 12.0. The lowest BCUT2D eigenvalue weighted by Gasteiger charge is -2.05. The molecule has 2 rings (SSSR count). The van der Waals surface area contributed by atoms with Crippen LogP contribution in [0.4, 0.5) is 0 Å². The van der Waals surface area contributed by atoms with Gasteiger partial charge < -0.3 is 9.72 Å². The van der Waals surface area contributed by atoms with Crippen molar-refractivity contribution in [3.8, 4) is 0 Å². The van der Waals surface area contributed by atoms with Crippen LogP contribution < -0.4 is 5.56 Å². The minimum atomic E-state index is -0.613. The summed E-state index contributed by atoms with van der Waals surface area (Å²) in [6, 6.07) is 5.41. The van der Waals surface area contributed by atoms with Crippen LogP contribution in [0.2, 0.25) is 0 Å². The zero-order valence-corrected chi connectivity index (χ0v) is 10.3. The van der Waals surface area contributed by atoms with Crippen LogP contribution in [0.25, 0.3) is 10.9 Å². The second kappa shape index (κ2) is 5.04. The van der Waals surface area contributed by atoms with E-state index < -0.39 is 5.97 Å². The van der Waals surface area contributed by atoms with E-state index in [0.29, 0.717) is 10.9 Å². The summed E-state index contributed by atoms with van der Waals surface area (Å²) in [5.41, 5.74) is 1.12. The SMILES string of the molecule is BCc1cccc2nc(C(=O)OCC)[nH]c(=O)c12. The third kappa shape index (κ3) is 2.14. The van der Waals surface area contributed by atoms with Crippen LogP contribution in [0.15, 0.2) is 23.0 Å². The van der Waals surface area contributed by atoms with Gasteiger partial charge in [-0.25, -0.2) is 9.78 Å². The molecule has 0 radical (unpaired) electrons. The van der Waals surface area contributed by atoms with Crippen molar-refractivity contribution in [1.29, 1.82) is 0 Å². The zero-order chi connectivity index (χ0) is 13.1. The highest BCUT2D eigenvalue weighted by molar-refractivity contribution is 6.09. The summed E-state index contributed by atoms with van der Waals surface area (Å²) in [6.45, 7) is 1.95. The summed E-state index contributed by atoms with van der Waals surface area (Å²) in [5, 5.41) is 0.535. The third-order valence-corrected chi connectivity index (χ3v) is 2.67. The number of aromatic amines is 1. The van der Waals surface area contributed by atoms with Gasteiger partial charge in [-0.3, -0.25) is 4.79 Å². The number of ether oxygens (including phenoxy) is 1. The van der Waals surface area contributed by atoms with E-state index in [1.165, 1.54) is 0 Å². The molecule has 18 heavy (non-hydrogen) atoms. The fourth-order valence-corrected chi connectivity index (χ4v) is 1.85. The van der Waals surface area contributed by atoms with Crippen molar-refractivity contribution < 1.29 is 9.53 Å². The molecule has 5 nitrogen and oxygen atoms in total. The molecule has 0 saturated heterocycles. The van der Waals surface area contributed by atoms with Crippen LogP contribution in [-0.4, -0.2) is 30.4 Å². The molecular weight excluding hydrogens is 231 g/mol. The number of aromatic nitrogens is 2. The van der Waals surface area contributed by atoms with Gasteiger partial charge in [0.25, 0.3) is 5.56 Å². The van der Waals surface area contributed by atoms with Gasteiger partial charge in [-0.2, -0.15) is 0 Å². The second-order valence-electron chi connectivity index (χ2n) is 3.80. The monoisotopic (exact) mass is 244 g/mol. The molecule has 1 aromatic heterocycles. The zero-order valence-electron chi connectivity index (χ0n) is 10.3. The smallest absolute Gasteiger partial charge is 0.374 e. The highest BCUT2D eigenvalue weighted by Crippen LogP contribution is 2.12. The summed E-state index contributed by atoms with van der Waals surface area (Å²) in [6.07, 6.45) is 0.737. The number of benzene rings is 1.